The van der Waals surface area contributed by atoms with Gasteiger partial charge < -0.3 is 4.74 Å². The minimum atomic E-state index is -0.0987. The van der Waals surface area contributed by atoms with E-state index in [1.54, 1.807) is 18.0 Å². The van der Waals surface area contributed by atoms with Crippen LogP contribution in [0.4, 0.5) is 0 Å². The van der Waals surface area contributed by atoms with Gasteiger partial charge in [-0.25, -0.2) is 0 Å². The zero-order valence-electron chi connectivity index (χ0n) is 11.4. The summed E-state index contributed by atoms with van der Waals surface area (Å²) in [4.78, 5) is 12.8. The fourth-order valence-electron chi connectivity index (χ4n) is 1.90. The molecule has 1 heterocycles. The Hall–Kier alpha value is -0.890. The van der Waals surface area contributed by atoms with Crippen LogP contribution in [0.2, 0.25) is 0 Å². The van der Waals surface area contributed by atoms with Crippen molar-refractivity contribution in [3.05, 3.63) is 43.7 Å². The molecule has 1 aromatic heterocycles. The van der Waals surface area contributed by atoms with E-state index in [0.717, 1.165) is 8.04 Å². The van der Waals surface area contributed by atoms with Gasteiger partial charge in [-0.1, -0.05) is 15.9 Å². The third-order valence-corrected chi connectivity index (χ3v) is 4.22. The number of benzene rings is 1. The average molecular weight is 449 g/mol. The zero-order chi connectivity index (χ0) is 14.9. The predicted molar refractivity (Wildman–Crippen MR) is 89.5 cm³/mol. The molecule has 20 heavy (non-hydrogen) atoms. The van der Waals surface area contributed by atoms with E-state index >= 15 is 0 Å². The molecule has 0 aliphatic rings. The van der Waals surface area contributed by atoms with E-state index in [-0.39, 0.29) is 11.8 Å². The number of carbonyl (C=O) groups is 1. The maximum absolute atomic E-state index is 12.8. The van der Waals surface area contributed by atoms with Crippen molar-refractivity contribution in [3.63, 3.8) is 0 Å². The molecule has 0 bridgehead atoms. The summed E-state index contributed by atoms with van der Waals surface area (Å²) in [6.45, 7) is 3.96. The molecule has 0 amide bonds. The number of ether oxygens (including phenoxy) is 1. The minimum absolute atomic E-state index is 0.0828. The summed E-state index contributed by atoms with van der Waals surface area (Å²) in [5.41, 5.74) is 1.09. The van der Waals surface area contributed by atoms with Crippen molar-refractivity contribution in [2.24, 2.45) is 0 Å². The molecule has 0 fully saturated rings. The third kappa shape index (κ3) is 2.90. The second-order valence-electron chi connectivity index (χ2n) is 4.55. The lowest BCUT2D eigenvalue weighted by Gasteiger charge is -2.12. The van der Waals surface area contributed by atoms with Gasteiger partial charge in [0.25, 0.3) is 0 Å². The van der Waals surface area contributed by atoms with Crippen molar-refractivity contribution in [2.45, 2.75) is 19.9 Å². The predicted octanol–water partition coefficient (Wildman–Crippen LogP) is 4.07. The van der Waals surface area contributed by atoms with E-state index in [2.05, 4.69) is 43.6 Å². The van der Waals surface area contributed by atoms with Gasteiger partial charge in [-0.15, -0.1) is 0 Å². The molecule has 0 radical (unpaired) electrons. The SMILES string of the molecule is COc1cnn(C(C)C)c1C(=O)c1cc(I)ccc1Br. The van der Waals surface area contributed by atoms with E-state index in [1.165, 1.54) is 0 Å². The topological polar surface area (TPSA) is 44.1 Å². The van der Waals surface area contributed by atoms with Gasteiger partial charge in [-0.3, -0.25) is 9.48 Å². The van der Waals surface area contributed by atoms with Gasteiger partial charge in [0.1, 0.15) is 0 Å². The molecule has 2 aromatic rings. The van der Waals surface area contributed by atoms with E-state index in [0.29, 0.717) is 17.0 Å². The number of ketones is 1. The summed E-state index contributed by atoms with van der Waals surface area (Å²) in [7, 11) is 1.54. The standard InChI is InChI=1S/C14H14BrIN2O2/c1-8(2)18-13(12(20-3)7-17-18)14(19)10-6-9(16)4-5-11(10)15/h4-8H,1-3H3. The number of carbonyl (C=O) groups excluding carboxylic acids is 1. The quantitative estimate of drug-likeness (QED) is 0.523. The van der Waals surface area contributed by atoms with E-state index < -0.39 is 0 Å². The van der Waals surface area contributed by atoms with Gasteiger partial charge in [0.2, 0.25) is 5.78 Å². The first kappa shape index (κ1) is 15.5. The Morgan fingerprint density at radius 1 is 1.45 bits per heavy atom. The molecule has 2 rings (SSSR count). The number of rotatable bonds is 4. The number of aromatic nitrogens is 2. The molecule has 0 N–H and O–H groups in total. The number of hydrogen-bond acceptors (Lipinski definition) is 3. The molecule has 0 spiro atoms. The maximum Gasteiger partial charge on any atom is 0.216 e. The number of hydrogen-bond donors (Lipinski definition) is 0. The normalized spacial score (nSPS) is 10.9. The average Bonchev–Trinajstić information content (AvgIpc) is 2.84. The van der Waals surface area contributed by atoms with Crippen molar-refractivity contribution >= 4 is 44.3 Å². The second-order valence-corrected chi connectivity index (χ2v) is 6.65. The van der Waals surface area contributed by atoms with Gasteiger partial charge in [-0.2, -0.15) is 5.10 Å². The van der Waals surface area contributed by atoms with Crippen LogP contribution in [0.5, 0.6) is 5.75 Å². The molecule has 1 aromatic carbocycles. The molecule has 0 saturated carbocycles. The molecule has 0 aliphatic carbocycles. The van der Waals surface area contributed by atoms with Crippen molar-refractivity contribution < 1.29 is 9.53 Å². The maximum atomic E-state index is 12.8. The van der Waals surface area contributed by atoms with Crippen molar-refractivity contribution in [3.8, 4) is 5.75 Å². The van der Waals surface area contributed by atoms with Crippen LogP contribution < -0.4 is 4.74 Å². The molecule has 0 unspecified atom stereocenters. The summed E-state index contributed by atoms with van der Waals surface area (Å²) in [6.07, 6.45) is 1.58. The number of nitrogens with zero attached hydrogens (tertiary/aromatic N) is 2. The van der Waals surface area contributed by atoms with Gasteiger partial charge in [0, 0.05) is 19.6 Å². The Morgan fingerprint density at radius 3 is 2.75 bits per heavy atom. The van der Waals surface area contributed by atoms with Gasteiger partial charge in [0.05, 0.1) is 13.3 Å². The first-order valence-corrected chi connectivity index (χ1v) is 7.94. The van der Waals surface area contributed by atoms with Crippen molar-refractivity contribution in [2.75, 3.05) is 7.11 Å². The fraction of sp³-hybridized carbons (Fsp3) is 0.286. The highest BCUT2D eigenvalue weighted by Gasteiger charge is 2.24. The Kier molecular flexibility index (Phi) is 4.85. The summed E-state index contributed by atoms with van der Waals surface area (Å²) < 4.78 is 8.72. The zero-order valence-corrected chi connectivity index (χ0v) is 15.1. The van der Waals surface area contributed by atoms with Gasteiger partial charge in [-0.05, 0) is 54.6 Å². The number of halogens is 2. The summed E-state index contributed by atoms with van der Waals surface area (Å²) in [5, 5.41) is 4.24. The molecule has 4 nitrogen and oxygen atoms in total. The second kappa shape index (κ2) is 6.26. The van der Waals surface area contributed by atoms with Crippen LogP contribution in [0.25, 0.3) is 0 Å². The van der Waals surface area contributed by atoms with E-state index in [4.69, 9.17) is 4.74 Å². The molecule has 0 saturated heterocycles. The van der Waals surface area contributed by atoms with Crippen molar-refractivity contribution in [1.82, 2.24) is 9.78 Å². The first-order chi connectivity index (χ1) is 9.45. The summed E-state index contributed by atoms with van der Waals surface area (Å²) in [6, 6.07) is 5.75. The highest BCUT2D eigenvalue weighted by Crippen LogP contribution is 2.28. The molecule has 0 aliphatic heterocycles. The van der Waals surface area contributed by atoms with Crippen LogP contribution in [0.15, 0.2) is 28.9 Å². The van der Waals surface area contributed by atoms with Crippen LogP contribution in [-0.2, 0) is 0 Å². The Balaban J connectivity index is 2.58. The largest absolute Gasteiger partial charge is 0.493 e. The summed E-state index contributed by atoms with van der Waals surface area (Å²) in [5.74, 6) is 0.396. The van der Waals surface area contributed by atoms with Gasteiger partial charge in [0.15, 0.2) is 11.4 Å². The minimum Gasteiger partial charge on any atom is -0.493 e. The van der Waals surface area contributed by atoms with Crippen LogP contribution in [0.3, 0.4) is 0 Å². The fourth-order valence-corrected chi connectivity index (χ4v) is 2.82. The van der Waals surface area contributed by atoms with Crippen LogP contribution >= 0.6 is 38.5 Å². The lowest BCUT2D eigenvalue weighted by molar-refractivity contribution is 0.102. The molecule has 0 atom stereocenters. The summed E-state index contributed by atoms with van der Waals surface area (Å²) >= 11 is 5.62. The Labute approximate surface area is 139 Å². The number of methoxy groups -OCH3 is 1. The Bertz CT molecular complexity index is 653. The van der Waals surface area contributed by atoms with Crippen LogP contribution in [-0.4, -0.2) is 22.7 Å². The molecular weight excluding hydrogens is 435 g/mol. The molecule has 6 heteroatoms. The molecular formula is C14H14BrIN2O2. The van der Waals surface area contributed by atoms with E-state index in [1.807, 2.05) is 32.0 Å². The highest BCUT2D eigenvalue weighted by atomic mass is 127. The van der Waals surface area contributed by atoms with Crippen molar-refractivity contribution in [1.29, 1.82) is 0 Å². The third-order valence-electron chi connectivity index (χ3n) is 2.86. The lowest BCUT2D eigenvalue weighted by atomic mass is 10.1. The van der Waals surface area contributed by atoms with Gasteiger partial charge >= 0.3 is 0 Å². The monoisotopic (exact) mass is 448 g/mol. The van der Waals surface area contributed by atoms with Crippen LogP contribution in [0, 0.1) is 3.57 Å². The Morgan fingerprint density at radius 2 is 2.15 bits per heavy atom. The highest BCUT2D eigenvalue weighted by molar-refractivity contribution is 14.1. The van der Waals surface area contributed by atoms with E-state index in [9.17, 15) is 4.79 Å². The smallest absolute Gasteiger partial charge is 0.216 e. The van der Waals surface area contributed by atoms with Crippen LogP contribution in [0.1, 0.15) is 35.9 Å². The molecule has 106 valence electrons. The lowest BCUT2D eigenvalue weighted by Crippen LogP contribution is -2.15. The first-order valence-electron chi connectivity index (χ1n) is 6.07.